The van der Waals surface area contributed by atoms with Gasteiger partial charge in [-0.15, -0.1) is 0 Å². The van der Waals surface area contributed by atoms with E-state index in [1.807, 2.05) is 19.1 Å². The number of anilines is 1. The van der Waals surface area contributed by atoms with Crippen LogP contribution in [0.25, 0.3) is 0 Å². The van der Waals surface area contributed by atoms with Crippen LogP contribution in [-0.4, -0.2) is 69.0 Å². The molecule has 35 heavy (non-hydrogen) atoms. The Hall–Kier alpha value is -1.84. The van der Waals surface area contributed by atoms with E-state index in [1.54, 1.807) is 11.0 Å². The number of benzene rings is 2. The Balaban J connectivity index is 1.30. The third-order valence-corrected chi connectivity index (χ3v) is 8.71. The molecule has 0 spiro atoms. The van der Waals surface area contributed by atoms with Crippen molar-refractivity contribution in [3.63, 3.8) is 0 Å². The summed E-state index contributed by atoms with van der Waals surface area (Å²) < 4.78 is 23.6. The van der Waals surface area contributed by atoms with Gasteiger partial charge in [0.25, 0.3) is 5.91 Å². The summed E-state index contributed by atoms with van der Waals surface area (Å²) in [5, 5.41) is 3.56. The number of carbonyl (C=O) groups is 2. The molecule has 2 heterocycles. The molecule has 2 aliphatic heterocycles. The number of rotatable bonds is 6. The second-order valence-electron chi connectivity index (χ2n) is 9.29. The van der Waals surface area contributed by atoms with Crippen molar-refractivity contribution in [3.8, 4) is 0 Å². The molecule has 0 aliphatic carbocycles. The van der Waals surface area contributed by atoms with Gasteiger partial charge in [0.1, 0.15) is 0 Å². The third kappa shape index (κ3) is 5.94. The molecule has 11 heteroatoms. The lowest BCUT2D eigenvalue weighted by molar-refractivity contribution is -0.116. The summed E-state index contributed by atoms with van der Waals surface area (Å²) in [5.41, 5.74) is 1.77. The van der Waals surface area contributed by atoms with Crippen LogP contribution in [-0.2, 0) is 14.6 Å². The van der Waals surface area contributed by atoms with Gasteiger partial charge in [-0.25, -0.2) is 8.42 Å². The zero-order valence-electron chi connectivity index (χ0n) is 19.4. The minimum atomic E-state index is -3.49. The number of aryl methyl sites for hydroxylation is 1. The van der Waals surface area contributed by atoms with E-state index in [0.29, 0.717) is 48.6 Å². The second-order valence-corrected chi connectivity index (χ2v) is 12.5. The molecule has 4 rings (SSSR count). The van der Waals surface area contributed by atoms with Crippen molar-refractivity contribution in [3.05, 3.63) is 56.5 Å². The summed E-state index contributed by atoms with van der Waals surface area (Å²) in [4.78, 5) is 29.4. The fourth-order valence-electron chi connectivity index (χ4n) is 4.72. The van der Waals surface area contributed by atoms with E-state index in [4.69, 9.17) is 34.8 Å². The standard InChI is InChI=1S/C24H26Cl3N3O4S/c1-14-3-4-17(7-19(14)25)28-22(31)5-6-29-10-15-12-30(13-16(15)11-29)24(32)23-20(26)8-18(9-21(23)27)35(2,33)34/h3-4,7-9,15-16H,5-6,10-13H2,1-2H3,(H,28,31). The number of halogens is 3. The summed E-state index contributed by atoms with van der Waals surface area (Å²) in [6.07, 6.45) is 1.43. The number of carbonyl (C=O) groups excluding carboxylic acids is 2. The maximum atomic E-state index is 13.1. The Kier molecular flexibility index (Phi) is 7.69. The molecule has 2 aromatic rings. The maximum Gasteiger partial charge on any atom is 0.256 e. The average molecular weight is 559 g/mol. The van der Waals surface area contributed by atoms with Crippen LogP contribution in [0.5, 0.6) is 0 Å². The molecular weight excluding hydrogens is 533 g/mol. The van der Waals surface area contributed by atoms with Gasteiger partial charge >= 0.3 is 0 Å². The molecule has 7 nitrogen and oxygen atoms in total. The number of hydrogen-bond acceptors (Lipinski definition) is 5. The SMILES string of the molecule is Cc1ccc(NC(=O)CCN2CC3CN(C(=O)c4c(Cl)cc(S(C)(=O)=O)cc4Cl)CC3C2)cc1Cl. The van der Waals surface area contributed by atoms with Gasteiger partial charge in [0, 0.05) is 56.1 Å². The average Bonchev–Trinajstić information content (AvgIpc) is 3.32. The van der Waals surface area contributed by atoms with Crippen LogP contribution in [0.3, 0.4) is 0 Å². The fraction of sp³-hybridized carbons (Fsp3) is 0.417. The van der Waals surface area contributed by atoms with Gasteiger partial charge in [-0.1, -0.05) is 40.9 Å². The Bertz CT molecular complexity index is 1250. The van der Waals surface area contributed by atoms with Crippen LogP contribution in [0, 0.1) is 18.8 Å². The predicted octanol–water partition coefficient (Wildman–Crippen LogP) is 4.39. The van der Waals surface area contributed by atoms with Crippen molar-refractivity contribution in [1.82, 2.24) is 9.80 Å². The maximum absolute atomic E-state index is 13.1. The first-order valence-corrected chi connectivity index (χ1v) is 14.2. The number of sulfone groups is 1. The van der Waals surface area contributed by atoms with E-state index in [2.05, 4.69) is 10.2 Å². The van der Waals surface area contributed by atoms with Gasteiger partial charge in [-0.05, 0) is 48.6 Å². The van der Waals surface area contributed by atoms with Crippen molar-refractivity contribution in [1.29, 1.82) is 0 Å². The topological polar surface area (TPSA) is 86.8 Å². The summed E-state index contributed by atoms with van der Waals surface area (Å²) in [7, 11) is -3.49. The van der Waals surface area contributed by atoms with E-state index in [1.165, 1.54) is 12.1 Å². The normalized spacial score (nSPS) is 20.2. The highest BCUT2D eigenvalue weighted by atomic mass is 35.5. The third-order valence-electron chi connectivity index (χ3n) is 6.62. The number of fused-ring (bicyclic) bond motifs is 1. The molecule has 2 unspecified atom stereocenters. The number of hydrogen-bond donors (Lipinski definition) is 1. The lowest BCUT2D eigenvalue weighted by Gasteiger charge is -2.22. The Morgan fingerprint density at radius 1 is 0.971 bits per heavy atom. The van der Waals surface area contributed by atoms with Gasteiger partial charge in [-0.3, -0.25) is 9.59 Å². The monoisotopic (exact) mass is 557 g/mol. The van der Waals surface area contributed by atoms with E-state index in [0.717, 1.165) is 24.9 Å². The van der Waals surface area contributed by atoms with E-state index in [9.17, 15) is 18.0 Å². The summed E-state index contributed by atoms with van der Waals surface area (Å²) in [5.74, 6) is 0.231. The van der Waals surface area contributed by atoms with Crippen LogP contribution in [0.1, 0.15) is 22.3 Å². The molecule has 2 saturated heterocycles. The first-order valence-electron chi connectivity index (χ1n) is 11.2. The van der Waals surface area contributed by atoms with Gasteiger partial charge < -0.3 is 15.1 Å². The summed E-state index contributed by atoms with van der Waals surface area (Å²) >= 11 is 18.6. The Morgan fingerprint density at radius 3 is 2.11 bits per heavy atom. The molecule has 2 atom stereocenters. The number of nitrogens with zero attached hydrogens (tertiary/aromatic N) is 2. The minimum absolute atomic E-state index is 0.0208. The van der Waals surface area contributed by atoms with Crippen molar-refractivity contribution >= 4 is 62.1 Å². The van der Waals surface area contributed by atoms with Crippen LogP contribution in [0.15, 0.2) is 35.2 Å². The van der Waals surface area contributed by atoms with Crippen molar-refractivity contribution in [2.45, 2.75) is 18.2 Å². The molecule has 2 fully saturated rings. The highest BCUT2D eigenvalue weighted by Crippen LogP contribution is 2.35. The van der Waals surface area contributed by atoms with Crippen molar-refractivity contribution in [2.24, 2.45) is 11.8 Å². The van der Waals surface area contributed by atoms with Crippen molar-refractivity contribution in [2.75, 3.05) is 44.3 Å². The molecule has 2 aliphatic rings. The number of likely N-dealkylation sites (tertiary alicyclic amines) is 2. The zero-order valence-corrected chi connectivity index (χ0v) is 22.4. The van der Waals surface area contributed by atoms with Gasteiger partial charge in [0.15, 0.2) is 9.84 Å². The lowest BCUT2D eigenvalue weighted by atomic mass is 10.0. The molecular formula is C24H26Cl3N3O4S. The molecule has 1 N–H and O–H groups in total. The summed E-state index contributed by atoms with van der Waals surface area (Å²) in [6.45, 7) is 5.27. The Morgan fingerprint density at radius 2 is 1.57 bits per heavy atom. The molecule has 0 radical (unpaired) electrons. The van der Waals surface area contributed by atoms with Gasteiger partial charge in [0.05, 0.1) is 20.5 Å². The highest BCUT2D eigenvalue weighted by Gasteiger charge is 2.42. The minimum Gasteiger partial charge on any atom is -0.338 e. The number of amides is 2. The molecule has 2 amide bonds. The van der Waals surface area contributed by atoms with Crippen LogP contribution in [0.2, 0.25) is 15.1 Å². The van der Waals surface area contributed by atoms with Gasteiger partial charge in [-0.2, -0.15) is 0 Å². The number of nitrogens with one attached hydrogen (secondary N) is 1. The predicted molar refractivity (Wildman–Crippen MR) is 138 cm³/mol. The molecule has 0 bridgehead atoms. The van der Waals surface area contributed by atoms with Gasteiger partial charge in [0.2, 0.25) is 5.91 Å². The first-order chi connectivity index (χ1) is 16.4. The quantitative estimate of drug-likeness (QED) is 0.568. The van der Waals surface area contributed by atoms with E-state index >= 15 is 0 Å². The fourth-order valence-corrected chi connectivity index (χ4v) is 6.34. The molecule has 0 saturated carbocycles. The Labute approximate surface area is 220 Å². The van der Waals surface area contributed by atoms with E-state index in [-0.39, 0.29) is 32.3 Å². The largest absolute Gasteiger partial charge is 0.338 e. The van der Waals surface area contributed by atoms with Crippen LogP contribution < -0.4 is 5.32 Å². The second kappa shape index (κ2) is 10.3. The van der Waals surface area contributed by atoms with Crippen molar-refractivity contribution < 1.29 is 18.0 Å². The molecule has 188 valence electrons. The lowest BCUT2D eigenvalue weighted by Crippen LogP contribution is -2.34. The highest BCUT2D eigenvalue weighted by molar-refractivity contribution is 7.90. The van der Waals surface area contributed by atoms with E-state index < -0.39 is 9.84 Å². The first kappa shape index (κ1) is 26.2. The summed E-state index contributed by atoms with van der Waals surface area (Å²) in [6, 6.07) is 7.98. The molecule has 0 aromatic heterocycles. The smallest absolute Gasteiger partial charge is 0.256 e. The zero-order chi connectivity index (χ0) is 25.5. The van der Waals surface area contributed by atoms with Crippen LogP contribution >= 0.6 is 34.8 Å². The van der Waals surface area contributed by atoms with Crippen LogP contribution in [0.4, 0.5) is 5.69 Å². The molecule has 2 aromatic carbocycles.